The molecular formula is C12H15N6O3. The maximum Gasteiger partial charge on any atom is 0.269 e. The zero-order valence-corrected chi connectivity index (χ0v) is 11.7. The van der Waals surface area contributed by atoms with Crippen LogP contribution in [0.1, 0.15) is 10.5 Å². The lowest BCUT2D eigenvalue weighted by Gasteiger charge is -2.08. The molecule has 0 bridgehead atoms. The summed E-state index contributed by atoms with van der Waals surface area (Å²) in [7, 11) is 3.02. The minimum Gasteiger partial charge on any atom is -0.481 e. The SMILES string of the molecule is COc1cc(OC)nc(NCCn2c[c]c(C(N)=O)n2)n1. The van der Waals surface area contributed by atoms with E-state index in [-0.39, 0.29) is 5.69 Å². The third kappa shape index (κ3) is 3.81. The Kier molecular flexibility index (Phi) is 4.54. The number of anilines is 1. The fraction of sp³-hybridized carbons (Fsp3) is 0.333. The average Bonchev–Trinajstić information content (AvgIpc) is 2.96. The molecule has 2 aromatic rings. The zero-order valence-electron chi connectivity index (χ0n) is 11.7. The molecule has 0 fully saturated rings. The zero-order chi connectivity index (χ0) is 15.2. The van der Waals surface area contributed by atoms with E-state index in [9.17, 15) is 4.79 Å². The Hall–Kier alpha value is -2.84. The van der Waals surface area contributed by atoms with Crippen LogP contribution >= 0.6 is 0 Å². The van der Waals surface area contributed by atoms with Gasteiger partial charge in [-0.15, -0.1) is 0 Å². The lowest BCUT2D eigenvalue weighted by Crippen LogP contribution is -2.15. The lowest BCUT2D eigenvalue weighted by molar-refractivity contribution is 0.0994. The second-order valence-corrected chi connectivity index (χ2v) is 3.95. The van der Waals surface area contributed by atoms with E-state index in [0.717, 1.165) is 0 Å². The number of hydrogen-bond donors (Lipinski definition) is 2. The van der Waals surface area contributed by atoms with Crippen molar-refractivity contribution in [1.82, 2.24) is 19.7 Å². The van der Waals surface area contributed by atoms with Gasteiger partial charge in [0.2, 0.25) is 17.7 Å². The van der Waals surface area contributed by atoms with Crippen molar-refractivity contribution < 1.29 is 14.3 Å². The van der Waals surface area contributed by atoms with E-state index >= 15 is 0 Å². The van der Waals surface area contributed by atoms with Gasteiger partial charge >= 0.3 is 0 Å². The summed E-state index contributed by atoms with van der Waals surface area (Å²) in [4.78, 5) is 19.2. The van der Waals surface area contributed by atoms with Crippen molar-refractivity contribution in [1.29, 1.82) is 0 Å². The highest BCUT2D eigenvalue weighted by molar-refractivity contribution is 5.90. The monoisotopic (exact) mass is 291 g/mol. The van der Waals surface area contributed by atoms with E-state index in [0.29, 0.717) is 30.8 Å². The Balaban J connectivity index is 1.94. The summed E-state index contributed by atoms with van der Waals surface area (Å²) in [6.07, 6.45) is 1.55. The molecule has 0 spiro atoms. The normalized spacial score (nSPS) is 10.2. The van der Waals surface area contributed by atoms with Crippen LogP contribution in [0.3, 0.4) is 0 Å². The van der Waals surface area contributed by atoms with Gasteiger partial charge in [0.15, 0.2) is 5.69 Å². The van der Waals surface area contributed by atoms with E-state index in [1.807, 2.05) is 0 Å². The summed E-state index contributed by atoms with van der Waals surface area (Å²) in [5.41, 5.74) is 5.21. The highest BCUT2D eigenvalue weighted by Crippen LogP contribution is 2.16. The van der Waals surface area contributed by atoms with Gasteiger partial charge in [-0.25, -0.2) is 0 Å². The molecule has 0 aromatic carbocycles. The molecule has 9 nitrogen and oxygen atoms in total. The minimum atomic E-state index is -0.609. The standard InChI is InChI=1S/C12H15N6O3/c1-20-9-7-10(21-2)16-12(15-9)14-4-6-18-5-3-8(17-18)11(13)19/h5,7H,4,6H2,1-2H3,(H2,13,19)(H,14,15,16). The molecule has 0 saturated carbocycles. The fourth-order valence-corrected chi connectivity index (χ4v) is 1.53. The van der Waals surface area contributed by atoms with E-state index in [2.05, 4.69) is 26.4 Å². The number of nitrogens with zero attached hydrogens (tertiary/aromatic N) is 4. The third-order valence-corrected chi connectivity index (χ3v) is 2.53. The molecule has 0 unspecified atom stereocenters. The number of rotatable bonds is 7. The maximum atomic E-state index is 10.9. The van der Waals surface area contributed by atoms with E-state index in [1.54, 1.807) is 16.9 Å². The number of nitrogens with one attached hydrogen (secondary N) is 1. The largest absolute Gasteiger partial charge is 0.481 e. The first-order valence-corrected chi connectivity index (χ1v) is 6.08. The molecule has 111 valence electrons. The summed E-state index contributed by atoms with van der Waals surface area (Å²) in [5.74, 6) is 0.556. The molecule has 9 heteroatoms. The van der Waals surface area contributed by atoms with Gasteiger partial charge in [0.05, 0.1) is 26.8 Å². The Morgan fingerprint density at radius 1 is 1.38 bits per heavy atom. The van der Waals surface area contributed by atoms with Crippen LogP contribution in [0.15, 0.2) is 12.3 Å². The molecule has 0 saturated heterocycles. The molecule has 0 aliphatic rings. The summed E-state index contributed by atoms with van der Waals surface area (Å²) in [6.45, 7) is 0.983. The van der Waals surface area contributed by atoms with Crippen LogP contribution in [-0.2, 0) is 6.54 Å². The van der Waals surface area contributed by atoms with Crippen LogP contribution in [0.5, 0.6) is 11.8 Å². The summed E-state index contributed by atoms with van der Waals surface area (Å²) >= 11 is 0. The number of methoxy groups -OCH3 is 2. The predicted molar refractivity (Wildman–Crippen MR) is 73.2 cm³/mol. The van der Waals surface area contributed by atoms with Crippen molar-refractivity contribution in [3.63, 3.8) is 0 Å². The van der Waals surface area contributed by atoms with Crippen molar-refractivity contribution in [3.8, 4) is 11.8 Å². The highest BCUT2D eigenvalue weighted by atomic mass is 16.5. The number of carbonyl (C=O) groups is 1. The molecule has 2 aromatic heterocycles. The molecular weight excluding hydrogens is 276 g/mol. The van der Waals surface area contributed by atoms with E-state index in [4.69, 9.17) is 15.2 Å². The van der Waals surface area contributed by atoms with Crippen LogP contribution in [-0.4, -0.2) is 46.4 Å². The van der Waals surface area contributed by atoms with Crippen LogP contribution in [0.4, 0.5) is 5.95 Å². The lowest BCUT2D eigenvalue weighted by atomic mass is 10.4. The van der Waals surface area contributed by atoms with Crippen molar-refractivity contribution >= 4 is 11.9 Å². The number of aromatic nitrogens is 4. The first kappa shape index (κ1) is 14.6. The topological polar surface area (TPSA) is 117 Å². The van der Waals surface area contributed by atoms with Crippen LogP contribution in [0, 0.1) is 6.07 Å². The molecule has 1 radical (unpaired) electrons. The molecule has 0 aliphatic heterocycles. The summed E-state index contributed by atoms with van der Waals surface area (Å²) < 4.78 is 11.6. The Morgan fingerprint density at radius 2 is 2.05 bits per heavy atom. The molecule has 3 N–H and O–H groups in total. The smallest absolute Gasteiger partial charge is 0.269 e. The predicted octanol–water partition coefficient (Wildman–Crippen LogP) is -0.299. The number of ether oxygens (including phenoxy) is 2. The second kappa shape index (κ2) is 6.55. The quantitative estimate of drug-likeness (QED) is 0.719. The second-order valence-electron chi connectivity index (χ2n) is 3.95. The Morgan fingerprint density at radius 3 is 2.57 bits per heavy atom. The average molecular weight is 291 g/mol. The number of carbonyl (C=O) groups excluding carboxylic acids is 1. The Labute approximate surface area is 121 Å². The van der Waals surface area contributed by atoms with E-state index in [1.165, 1.54) is 14.2 Å². The van der Waals surface area contributed by atoms with Crippen LogP contribution in [0.25, 0.3) is 0 Å². The van der Waals surface area contributed by atoms with Crippen molar-refractivity contribution in [3.05, 3.63) is 24.0 Å². The van der Waals surface area contributed by atoms with Gasteiger partial charge < -0.3 is 20.5 Å². The summed E-state index contributed by atoms with van der Waals surface area (Å²) in [6, 6.07) is 4.24. The number of amides is 1. The molecule has 21 heavy (non-hydrogen) atoms. The number of hydrogen-bond acceptors (Lipinski definition) is 7. The van der Waals surface area contributed by atoms with Gasteiger partial charge in [0.1, 0.15) is 0 Å². The van der Waals surface area contributed by atoms with E-state index < -0.39 is 5.91 Å². The third-order valence-electron chi connectivity index (χ3n) is 2.53. The van der Waals surface area contributed by atoms with Crippen LogP contribution in [0.2, 0.25) is 0 Å². The van der Waals surface area contributed by atoms with Gasteiger partial charge in [0, 0.05) is 18.8 Å². The maximum absolute atomic E-state index is 10.9. The van der Waals surface area contributed by atoms with Gasteiger partial charge in [-0.2, -0.15) is 15.1 Å². The first-order valence-electron chi connectivity index (χ1n) is 6.08. The number of primary amides is 1. The first-order chi connectivity index (χ1) is 10.1. The molecule has 0 atom stereocenters. The van der Waals surface area contributed by atoms with Crippen molar-refractivity contribution in [2.75, 3.05) is 26.1 Å². The van der Waals surface area contributed by atoms with Crippen LogP contribution < -0.4 is 20.5 Å². The van der Waals surface area contributed by atoms with Gasteiger partial charge in [-0.3, -0.25) is 9.48 Å². The van der Waals surface area contributed by atoms with Crippen molar-refractivity contribution in [2.45, 2.75) is 6.54 Å². The van der Waals surface area contributed by atoms with Gasteiger partial charge in [-0.05, 0) is 0 Å². The fourth-order valence-electron chi connectivity index (χ4n) is 1.53. The molecule has 2 heterocycles. The minimum absolute atomic E-state index is 0.106. The summed E-state index contributed by atoms with van der Waals surface area (Å²) in [5, 5.41) is 6.97. The van der Waals surface area contributed by atoms with Gasteiger partial charge in [0.25, 0.3) is 5.91 Å². The molecule has 2 rings (SSSR count). The van der Waals surface area contributed by atoms with Gasteiger partial charge in [-0.1, -0.05) is 0 Å². The Bertz CT molecular complexity index is 605. The van der Waals surface area contributed by atoms with Crippen molar-refractivity contribution in [2.24, 2.45) is 5.73 Å². The molecule has 0 aliphatic carbocycles. The number of nitrogens with two attached hydrogens (primary N) is 1. The molecule has 1 amide bonds. The highest BCUT2D eigenvalue weighted by Gasteiger charge is 2.06.